The number of unbranched alkanes of at least 4 members (excludes halogenated alkanes) is 1. The highest BCUT2D eigenvalue weighted by atomic mass is 16.5. The number of hydrogen-bond donors (Lipinski definition) is 1. The Morgan fingerprint density at radius 2 is 1.93 bits per heavy atom. The number of rotatable bonds is 8. The van der Waals surface area contributed by atoms with Gasteiger partial charge in [-0.25, -0.2) is 0 Å². The summed E-state index contributed by atoms with van der Waals surface area (Å²) in [6.45, 7) is 8.30. The molecule has 0 spiro atoms. The second-order valence-corrected chi connectivity index (χ2v) is 8.59. The molecule has 0 aliphatic heterocycles. The molecule has 1 N–H and O–H groups in total. The lowest BCUT2D eigenvalue weighted by Crippen LogP contribution is -2.33. The van der Waals surface area contributed by atoms with Gasteiger partial charge in [0.1, 0.15) is 5.75 Å². The van der Waals surface area contributed by atoms with E-state index in [1.807, 2.05) is 36.4 Å². The van der Waals surface area contributed by atoms with Gasteiger partial charge in [-0.1, -0.05) is 57.9 Å². The van der Waals surface area contributed by atoms with Crippen LogP contribution in [0, 0.1) is 11.3 Å². The highest BCUT2D eigenvalue weighted by Gasteiger charge is 2.34. The Morgan fingerprint density at radius 1 is 1.14 bits per heavy atom. The van der Waals surface area contributed by atoms with Gasteiger partial charge in [-0.15, -0.1) is 0 Å². The molecule has 1 fully saturated rings. The maximum absolute atomic E-state index is 12.5. The summed E-state index contributed by atoms with van der Waals surface area (Å²) in [5.74, 6) is 1.49. The predicted octanol–water partition coefficient (Wildman–Crippen LogP) is 6.09. The Balaban J connectivity index is 1.60. The predicted molar refractivity (Wildman–Crippen MR) is 116 cm³/mol. The average Bonchev–Trinajstić information content (AvgIpc) is 3.05. The molecule has 1 amide bonds. The Bertz CT molecular complexity index is 779. The fourth-order valence-electron chi connectivity index (χ4n) is 4.01. The van der Waals surface area contributed by atoms with Crippen LogP contribution in [0.15, 0.2) is 48.5 Å². The van der Waals surface area contributed by atoms with Gasteiger partial charge in [0.05, 0.1) is 6.61 Å². The molecule has 1 aliphatic rings. The van der Waals surface area contributed by atoms with Gasteiger partial charge in [0.25, 0.3) is 5.91 Å². The molecular weight excluding hydrogens is 346 g/mol. The zero-order valence-electron chi connectivity index (χ0n) is 17.5. The molecule has 150 valence electrons. The Labute approximate surface area is 169 Å². The zero-order chi connectivity index (χ0) is 20.0. The summed E-state index contributed by atoms with van der Waals surface area (Å²) in [4.78, 5) is 12.5. The van der Waals surface area contributed by atoms with Crippen molar-refractivity contribution >= 4 is 5.91 Å². The standard InChI is InChI=1S/C25H33NO2/c1-4-5-16-28-23-10-6-8-21(17-23)19-11-13-20(14-12-19)24(27)26-18-22-9-7-15-25(22,2)3/h6,8,10-14,17,22H,4-5,7,9,15-16,18H2,1-3H3,(H,26,27). The van der Waals surface area contributed by atoms with Gasteiger partial charge in [-0.2, -0.15) is 0 Å². The topological polar surface area (TPSA) is 38.3 Å². The SMILES string of the molecule is CCCCOc1cccc(-c2ccc(C(=O)NCC3CCCC3(C)C)cc2)c1. The van der Waals surface area contributed by atoms with E-state index in [-0.39, 0.29) is 5.91 Å². The number of hydrogen-bond acceptors (Lipinski definition) is 2. The lowest BCUT2D eigenvalue weighted by atomic mass is 9.82. The molecule has 3 nitrogen and oxygen atoms in total. The van der Waals surface area contributed by atoms with Crippen LogP contribution >= 0.6 is 0 Å². The second kappa shape index (κ2) is 9.27. The summed E-state index contributed by atoms with van der Waals surface area (Å²) in [5, 5.41) is 3.13. The Hall–Kier alpha value is -2.29. The zero-order valence-corrected chi connectivity index (χ0v) is 17.5. The maximum Gasteiger partial charge on any atom is 0.251 e. The van der Waals surface area contributed by atoms with E-state index in [4.69, 9.17) is 4.74 Å². The molecule has 3 rings (SSSR count). The fraction of sp³-hybridized carbons (Fsp3) is 0.480. The van der Waals surface area contributed by atoms with Gasteiger partial charge in [0, 0.05) is 12.1 Å². The molecule has 0 bridgehead atoms. The maximum atomic E-state index is 12.5. The molecule has 1 saturated carbocycles. The number of nitrogens with one attached hydrogen (secondary N) is 1. The van der Waals surface area contributed by atoms with Crippen molar-refractivity contribution in [2.75, 3.05) is 13.2 Å². The smallest absolute Gasteiger partial charge is 0.251 e. The summed E-state index contributed by atoms with van der Waals surface area (Å²) < 4.78 is 5.80. The van der Waals surface area contributed by atoms with Gasteiger partial charge in [-0.3, -0.25) is 4.79 Å². The van der Waals surface area contributed by atoms with Gasteiger partial charge in [0.15, 0.2) is 0 Å². The summed E-state index contributed by atoms with van der Waals surface area (Å²) in [7, 11) is 0. The largest absolute Gasteiger partial charge is 0.494 e. The van der Waals surface area contributed by atoms with E-state index in [1.54, 1.807) is 0 Å². The highest BCUT2D eigenvalue weighted by molar-refractivity contribution is 5.94. The van der Waals surface area contributed by atoms with Crippen LogP contribution in [0.2, 0.25) is 0 Å². The quantitative estimate of drug-likeness (QED) is 0.564. The first kappa shape index (κ1) is 20.4. The van der Waals surface area contributed by atoms with Crippen LogP contribution in [0.5, 0.6) is 5.75 Å². The van der Waals surface area contributed by atoms with Crippen LogP contribution < -0.4 is 10.1 Å². The van der Waals surface area contributed by atoms with Crippen molar-refractivity contribution in [2.24, 2.45) is 11.3 Å². The van der Waals surface area contributed by atoms with E-state index in [0.717, 1.165) is 48.4 Å². The molecule has 0 heterocycles. The first-order chi connectivity index (χ1) is 13.5. The van der Waals surface area contributed by atoms with Gasteiger partial charge < -0.3 is 10.1 Å². The minimum Gasteiger partial charge on any atom is -0.494 e. The van der Waals surface area contributed by atoms with E-state index in [2.05, 4.69) is 38.2 Å². The number of ether oxygens (including phenoxy) is 1. The third-order valence-electron chi connectivity index (χ3n) is 6.07. The van der Waals surface area contributed by atoms with Gasteiger partial charge in [-0.05, 0) is 66.0 Å². The van der Waals surface area contributed by atoms with Crippen molar-refractivity contribution in [1.82, 2.24) is 5.32 Å². The monoisotopic (exact) mass is 379 g/mol. The molecule has 0 saturated heterocycles. The first-order valence-electron chi connectivity index (χ1n) is 10.6. The van der Waals surface area contributed by atoms with Crippen molar-refractivity contribution in [1.29, 1.82) is 0 Å². The van der Waals surface area contributed by atoms with Crippen LogP contribution in [0.4, 0.5) is 0 Å². The van der Waals surface area contributed by atoms with Gasteiger partial charge >= 0.3 is 0 Å². The van der Waals surface area contributed by atoms with E-state index in [0.29, 0.717) is 11.3 Å². The van der Waals surface area contributed by atoms with Crippen LogP contribution in [0.3, 0.4) is 0 Å². The molecular formula is C25H33NO2. The summed E-state index contributed by atoms with van der Waals surface area (Å²) in [5.41, 5.74) is 3.25. The van der Waals surface area contributed by atoms with Crippen LogP contribution in [-0.4, -0.2) is 19.1 Å². The number of benzene rings is 2. The minimum atomic E-state index is 0.0194. The van der Waals surface area contributed by atoms with E-state index < -0.39 is 0 Å². The molecule has 28 heavy (non-hydrogen) atoms. The lowest BCUT2D eigenvalue weighted by Gasteiger charge is -2.27. The van der Waals surface area contributed by atoms with Crippen molar-refractivity contribution in [3.05, 3.63) is 54.1 Å². The van der Waals surface area contributed by atoms with Crippen LogP contribution in [0.25, 0.3) is 11.1 Å². The molecule has 2 aromatic carbocycles. The molecule has 0 aromatic heterocycles. The molecule has 1 unspecified atom stereocenters. The van der Waals surface area contributed by atoms with Crippen LogP contribution in [-0.2, 0) is 0 Å². The third kappa shape index (κ3) is 5.15. The Kier molecular flexibility index (Phi) is 6.77. The van der Waals surface area contributed by atoms with E-state index in [1.165, 1.54) is 19.3 Å². The number of carbonyl (C=O) groups is 1. The van der Waals surface area contributed by atoms with E-state index >= 15 is 0 Å². The van der Waals surface area contributed by atoms with Crippen LogP contribution in [0.1, 0.15) is 63.2 Å². The van der Waals surface area contributed by atoms with Crippen molar-refractivity contribution in [3.8, 4) is 16.9 Å². The highest BCUT2D eigenvalue weighted by Crippen LogP contribution is 2.42. The third-order valence-corrected chi connectivity index (χ3v) is 6.07. The lowest BCUT2D eigenvalue weighted by molar-refractivity contribution is 0.0937. The molecule has 2 aromatic rings. The molecule has 3 heteroatoms. The summed E-state index contributed by atoms with van der Waals surface area (Å²) >= 11 is 0. The second-order valence-electron chi connectivity index (χ2n) is 8.59. The Morgan fingerprint density at radius 3 is 2.61 bits per heavy atom. The summed E-state index contributed by atoms with van der Waals surface area (Å²) in [6, 6.07) is 16.0. The molecule has 0 radical (unpaired) electrons. The number of carbonyl (C=O) groups excluding carboxylic acids is 1. The minimum absolute atomic E-state index is 0.0194. The van der Waals surface area contributed by atoms with Crippen molar-refractivity contribution in [3.63, 3.8) is 0 Å². The van der Waals surface area contributed by atoms with E-state index in [9.17, 15) is 4.79 Å². The fourth-order valence-corrected chi connectivity index (χ4v) is 4.01. The van der Waals surface area contributed by atoms with Gasteiger partial charge in [0.2, 0.25) is 0 Å². The molecule has 1 atom stereocenters. The summed E-state index contributed by atoms with van der Waals surface area (Å²) in [6.07, 6.45) is 5.92. The normalized spacial score (nSPS) is 18.0. The molecule has 1 aliphatic carbocycles. The first-order valence-corrected chi connectivity index (χ1v) is 10.6. The average molecular weight is 380 g/mol. The van der Waals surface area contributed by atoms with Crippen molar-refractivity contribution in [2.45, 2.75) is 52.9 Å². The van der Waals surface area contributed by atoms with Crippen molar-refractivity contribution < 1.29 is 9.53 Å². The number of amides is 1.